The zero-order chi connectivity index (χ0) is 17.5. The van der Waals surface area contributed by atoms with Crippen LogP contribution in [0.5, 0.6) is 0 Å². The Balaban J connectivity index is 2.08. The third-order valence-corrected chi connectivity index (χ3v) is 4.09. The fraction of sp³-hybridized carbons (Fsp3) is 0.222. The summed E-state index contributed by atoms with van der Waals surface area (Å²) in [4.78, 5) is 11.7. The smallest absolute Gasteiger partial charge is 0.339 e. The molecule has 2 rings (SSSR count). The molecule has 0 aliphatic heterocycles. The van der Waals surface area contributed by atoms with E-state index in [9.17, 15) is 4.79 Å². The first kappa shape index (κ1) is 18.2. The number of nitrogens with one attached hydrogen (secondary N) is 2. The summed E-state index contributed by atoms with van der Waals surface area (Å²) >= 11 is 11.4. The van der Waals surface area contributed by atoms with Crippen LogP contribution in [0.15, 0.2) is 48.5 Å². The van der Waals surface area contributed by atoms with Crippen molar-refractivity contribution in [3.63, 3.8) is 0 Å². The molecule has 0 radical (unpaired) electrons. The molecule has 126 valence electrons. The first-order valence-corrected chi connectivity index (χ1v) is 8.34. The SMILES string of the molecule is CC[C@@H](NC(=S)Nc1ccc(Cl)c(C(=O)OC)c1)c1ccccc1. The van der Waals surface area contributed by atoms with Crippen LogP contribution < -0.4 is 10.6 Å². The van der Waals surface area contributed by atoms with Gasteiger partial charge in [0.15, 0.2) is 5.11 Å². The highest BCUT2D eigenvalue weighted by Gasteiger charge is 2.13. The molecule has 0 saturated carbocycles. The minimum absolute atomic E-state index is 0.110. The molecule has 0 saturated heterocycles. The lowest BCUT2D eigenvalue weighted by Gasteiger charge is -2.20. The van der Waals surface area contributed by atoms with Crippen LogP contribution in [0, 0.1) is 0 Å². The lowest BCUT2D eigenvalue weighted by atomic mass is 10.1. The fourth-order valence-corrected chi connectivity index (χ4v) is 2.76. The molecule has 24 heavy (non-hydrogen) atoms. The number of benzene rings is 2. The van der Waals surface area contributed by atoms with E-state index < -0.39 is 5.97 Å². The molecule has 0 amide bonds. The van der Waals surface area contributed by atoms with Gasteiger partial charge in [0, 0.05) is 5.69 Å². The molecular formula is C18H19ClN2O2S. The number of ether oxygens (including phenoxy) is 1. The number of rotatable bonds is 5. The Kier molecular flexibility index (Phi) is 6.58. The van der Waals surface area contributed by atoms with Gasteiger partial charge in [-0.3, -0.25) is 0 Å². The van der Waals surface area contributed by atoms with Gasteiger partial charge in [0.1, 0.15) is 0 Å². The van der Waals surface area contributed by atoms with Gasteiger partial charge in [-0.15, -0.1) is 0 Å². The summed E-state index contributed by atoms with van der Waals surface area (Å²) in [6, 6.07) is 15.2. The normalized spacial score (nSPS) is 11.5. The largest absolute Gasteiger partial charge is 0.465 e. The first-order chi connectivity index (χ1) is 11.5. The van der Waals surface area contributed by atoms with Crippen LogP contribution in [0.25, 0.3) is 0 Å². The van der Waals surface area contributed by atoms with Crippen LogP contribution in [0.3, 0.4) is 0 Å². The Morgan fingerprint density at radius 1 is 1.25 bits per heavy atom. The molecule has 2 aromatic carbocycles. The van der Waals surface area contributed by atoms with E-state index in [1.54, 1.807) is 18.2 Å². The van der Waals surface area contributed by atoms with Crippen LogP contribution in [0.2, 0.25) is 5.02 Å². The van der Waals surface area contributed by atoms with E-state index in [0.717, 1.165) is 12.0 Å². The van der Waals surface area contributed by atoms with Gasteiger partial charge in [0.25, 0.3) is 0 Å². The van der Waals surface area contributed by atoms with Gasteiger partial charge in [0.2, 0.25) is 0 Å². The molecule has 4 nitrogen and oxygen atoms in total. The third-order valence-electron chi connectivity index (χ3n) is 3.55. The van der Waals surface area contributed by atoms with Gasteiger partial charge in [-0.1, -0.05) is 48.9 Å². The molecule has 0 aliphatic rings. The van der Waals surface area contributed by atoms with E-state index in [2.05, 4.69) is 29.7 Å². The quantitative estimate of drug-likeness (QED) is 0.603. The topological polar surface area (TPSA) is 50.4 Å². The van der Waals surface area contributed by atoms with Crippen molar-refractivity contribution in [2.75, 3.05) is 12.4 Å². The molecule has 0 aliphatic carbocycles. The Morgan fingerprint density at radius 3 is 2.58 bits per heavy atom. The second-order valence-electron chi connectivity index (χ2n) is 5.16. The summed E-state index contributed by atoms with van der Waals surface area (Å²) in [6.07, 6.45) is 0.889. The van der Waals surface area contributed by atoms with E-state index in [4.69, 9.17) is 28.6 Å². The van der Waals surface area contributed by atoms with Crippen molar-refractivity contribution < 1.29 is 9.53 Å². The molecule has 0 aromatic heterocycles. The molecule has 2 N–H and O–H groups in total. The first-order valence-electron chi connectivity index (χ1n) is 7.55. The number of hydrogen-bond donors (Lipinski definition) is 2. The lowest BCUT2D eigenvalue weighted by molar-refractivity contribution is 0.0601. The zero-order valence-corrected chi connectivity index (χ0v) is 15.1. The van der Waals surface area contributed by atoms with Gasteiger partial charge in [-0.05, 0) is 42.4 Å². The van der Waals surface area contributed by atoms with E-state index in [0.29, 0.717) is 21.4 Å². The Bertz CT molecular complexity index is 722. The van der Waals surface area contributed by atoms with Crippen molar-refractivity contribution in [1.82, 2.24) is 5.32 Å². The minimum atomic E-state index is -0.488. The maximum absolute atomic E-state index is 11.7. The van der Waals surface area contributed by atoms with Crippen molar-refractivity contribution in [1.29, 1.82) is 0 Å². The number of hydrogen-bond acceptors (Lipinski definition) is 3. The van der Waals surface area contributed by atoms with Gasteiger partial charge in [-0.2, -0.15) is 0 Å². The van der Waals surface area contributed by atoms with E-state index in [1.165, 1.54) is 7.11 Å². The molecule has 0 bridgehead atoms. The molecule has 0 fully saturated rings. The average molecular weight is 363 g/mol. The lowest BCUT2D eigenvalue weighted by Crippen LogP contribution is -2.32. The predicted molar refractivity (Wildman–Crippen MR) is 102 cm³/mol. The molecule has 0 unspecified atom stereocenters. The average Bonchev–Trinajstić information content (AvgIpc) is 2.61. The fourth-order valence-electron chi connectivity index (χ4n) is 2.30. The van der Waals surface area contributed by atoms with E-state index in [-0.39, 0.29) is 6.04 Å². The maximum Gasteiger partial charge on any atom is 0.339 e. The standard InChI is InChI=1S/C18H19ClN2O2S/c1-3-16(12-7-5-4-6-8-12)21-18(24)20-13-9-10-15(19)14(11-13)17(22)23-2/h4-11,16H,3H2,1-2H3,(H2,20,21,24)/t16-/m1/s1. The van der Waals surface area contributed by atoms with Crippen LogP contribution in [0.4, 0.5) is 5.69 Å². The Hall–Kier alpha value is -2.11. The van der Waals surface area contributed by atoms with Gasteiger partial charge >= 0.3 is 5.97 Å². The monoisotopic (exact) mass is 362 g/mol. The number of methoxy groups -OCH3 is 1. The molecule has 1 atom stereocenters. The minimum Gasteiger partial charge on any atom is -0.465 e. The molecule has 0 spiro atoms. The van der Waals surface area contributed by atoms with Crippen LogP contribution in [0.1, 0.15) is 35.3 Å². The van der Waals surface area contributed by atoms with Crippen LogP contribution in [-0.2, 0) is 4.74 Å². The summed E-state index contributed by atoms with van der Waals surface area (Å²) in [7, 11) is 1.32. The summed E-state index contributed by atoms with van der Waals surface area (Å²) in [5.74, 6) is -0.488. The number of anilines is 1. The van der Waals surface area contributed by atoms with Gasteiger partial charge in [0.05, 0.1) is 23.7 Å². The maximum atomic E-state index is 11.7. The third kappa shape index (κ3) is 4.69. The van der Waals surface area contributed by atoms with Crippen molar-refractivity contribution in [2.24, 2.45) is 0 Å². The van der Waals surface area contributed by atoms with Crippen LogP contribution >= 0.6 is 23.8 Å². The van der Waals surface area contributed by atoms with Crippen molar-refractivity contribution in [3.8, 4) is 0 Å². The number of thiocarbonyl (C=S) groups is 1. The summed E-state index contributed by atoms with van der Waals surface area (Å²) in [5.41, 5.74) is 2.12. The molecular weight excluding hydrogens is 344 g/mol. The van der Waals surface area contributed by atoms with E-state index in [1.807, 2.05) is 18.2 Å². The van der Waals surface area contributed by atoms with Crippen molar-refractivity contribution in [3.05, 3.63) is 64.7 Å². The van der Waals surface area contributed by atoms with Gasteiger partial charge < -0.3 is 15.4 Å². The highest BCUT2D eigenvalue weighted by Crippen LogP contribution is 2.22. The van der Waals surface area contributed by atoms with Crippen LogP contribution in [-0.4, -0.2) is 18.2 Å². The number of halogens is 1. The Labute approximate surface area is 152 Å². The Morgan fingerprint density at radius 2 is 1.96 bits per heavy atom. The van der Waals surface area contributed by atoms with Crippen molar-refractivity contribution >= 4 is 40.6 Å². The summed E-state index contributed by atoms with van der Waals surface area (Å²) < 4.78 is 4.72. The molecule has 2 aromatic rings. The van der Waals surface area contributed by atoms with Gasteiger partial charge in [-0.25, -0.2) is 4.79 Å². The summed E-state index contributed by atoms with van der Waals surface area (Å²) in [6.45, 7) is 2.09. The second-order valence-corrected chi connectivity index (χ2v) is 5.97. The zero-order valence-electron chi connectivity index (χ0n) is 13.5. The number of carbonyl (C=O) groups is 1. The molecule has 6 heteroatoms. The number of carbonyl (C=O) groups excluding carboxylic acids is 1. The number of esters is 1. The predicted octanol–water partition coefficient (Wildman–Crippen LogP) is 4.56. The van der Waals surface area contributed by atoms with Crippen molar-refractivity contribution in [2.45, 2.75) is 19.4 Å². The highest BCUT2D eigenvalue weighted by molar-refractivity contribution is 7.80. The second kappa shape index (κ2) is 8.66. The van der Waals surface area contributed by atoms with E-state index >= 15 is 0 Å². The summed E-state index contributed by atoms with van der Waals surface area (Å²) in [5, 5.41) is 7.17. The highest BCUT2D eigenvalue weighted by atomic mass is 35.5. The molecule has 0 heterocycles.